The van der Waals surface area contributed by atoms with E-state index in [4.69, 9.17) is 0 Å². The van der Waals surface area contributed by atoms with Gasteiger partial charge < -0.3 is 4.79 Å². The third-order valence-electron chi connectivity index (χ3n) is 1.84. The van der Waals surface area contributed by atoms with Crippen LogP contribution in [-0.2, 0) is 4.79 Å². The summed E-state index contributed by atoms with van der Waals surface area (Å²) in [6.45, 7) is 0. The molecule has 1 nitrogen and oxygen atoms in total. The van der Waals surface area contributed by atoms with Gasteiger partial charge in [0.05, 0.1) is 5.91 Å². The summed E-state index contributed by atoms with van der Waals surface area (Å²) < 4.78 is 0. The van der Waals surface area contributed by atoms with E-state index in [0.29, 0.717) is 0 Å². The minimum atomic E-state index is -0.786. The average Bonchev–Trinajstić information content (AvgIpc) is 1.90. The van der Waals surface area contributed by atoms with Gasteiger partial charge in [-0.25, -0.2) is 0 Å². The molecule has 0 unspecified atom stereocenters. The van der Waals surface area contributed by atoms with Crippen molar-refractivity contribution in [1.82, 2.24) is 0 Å². The summed E-state index contributed by atoms with van der Waals surface area (Å²) in [5.41, 5.74) is 0. The van der Waals surface area contributed by atoms with Crippen molar-refractivity contribution in [2.45, 2.75) is 31.4 Å². The Kier molecular flexibility index (Phi) is 2.27. The second kappa shape index (κ2) is 3.02. The van der Waals surface area contributed by atoms with Crippen molar-refractivity contribution >= 4 is 14.7 Å². The van der Waals surface area contributed by atoms with E-state index in [2.05, 4.69) is 0 Å². The Hall–Kier alpha value is -0.113. The Balaban J connectivity index is 2.22. The molecule has 46 valence electrons. The van der Waals surface area contributed by atoms with Crippen LogP contribution in [0.15, 0.2) is 0 Å². The lowest BCUT2D eigenvalue weighted by Gasteiger charge is -2.12. The molecule has 1 aliphatic rings. The lowest BCUT2D eigenvalue weighted by Crippen LogP contribution is -2.17. The van der Waals surface area contributed by atoms with Crippen molar-refractivity contribution in [3.63, 3.8) is 0 Å². The van der Waals surface area contributed by atoms with Crippen molar-refractivity contribution < 1.29 is 4.79 Å². The van der Waals surface area contributed by atoms with E-state index < -0.39 is 8.80 Å². The van der Waals surface area contributed by atoms with E-state index in [9.17, 15) is 4.79 Å². The fourth-order valence-electron chi connectivity index (χ4n) is 1.27. The zero-order chi connectivity index (χ0) is 5.82. The lowest BCUT2D eigenvalue weighted by atomic mass is 10.3. The highest BCUT2D eigenvalue weighted by Gasteiger charge is 2.12. The standard InChI is InChI=1S/C6H12OSi/c7-6-8-4-2-1-3-5-8/h6,8H,1-5H2. The first-order chi connectivity index (χ1) is 3.93. The number of hydrogen-bond donors (Lipinski definition) is 0. The van der Waals surface area contributed by atoms with Crippen LogP contribution in [0.4, 0.5) is 0 Å². The zero-order valence-electron chi connectivity index (χ0n) is 5.10. The SMILES string of the molecule is O=C[SiH]1CCCCC1. The van der Waals surface area contributed by atoms with Crippen LogP contribution in [-0.4, -0.2) is 14.7 Å². The van der Waals surface area contributed by atoms with Crippen LogP contribution < -0.4 is 0 Å². The molecular weight excluding hydrogens is 116 g/mol. The molecule has 1 heterocycles. The molecule has 1 aliphatic heterocycles. The molecule has 1 fully saturated rings. The van der Waals surface area contributed by atoms with Gasteiger partial charge >= 0.3 is 0 Å². The minimum absolute atomic E-state index is 0.786. The second-order valence-corrected chi connectivity index (χ2v) is 5.48. The topological polar surface area (TPSA) is 17.1 Å². The lowest BCUT2D eigenvalue weighted by molar-refractivity contribution is 0.566. The molecule has 0 aromatic heterocycles. The van der Waals surface area contributed by atoms with Gasteiger partial charge in [0.15, 0.2) is 0 Å². The van der Waals surface area contributed by atoms with Crippen molar-refractivity contribution in [2.24, 2.45) is 0 Å². The molecule has 0 bridgehead atoms. The largest absolute Gasteiger partial charge is 0.309 e. The van der Waals surface area contributed by atoms with Crippen LogP contribution >= 0.6 is 0 Å². The van der Waals surface area contributed by atoms with Gasteiger partial charge in [0.25, 0.3) is 0 Å². The molecule has 0 atom stereocenters. The summed E-state index contributed by atoms with van der Waals surface area (Å²) in [6, 6.07) is 2.56. The van der Waals surface area contributed by atoms with Gasteiger partial charge in [-0.2, -0.15) is 0 Å². The van der Waals surface area contributed by atoms with E-state index in [1.165, 1.54) is 37.3 Å². The second-order valence-electron chi connectivity index (χ2n) is 2.53. The summed E-state index contributed by atoms with van der Waals surface area (Å²) in [7, 11) is -0.786. The van der Waals surface area contributed by atoms with Crippen LogP contribution in [0.25, 0.3) is 0 Å². The summed E-state index contributed by atoms with van der Waals surface area (Å²) in [5, 5.41) is 0. The highest BCUT2D eigenvalue weighted by Crippen LogP contribution is 2.16. The maximum absolute atomic E-state index is 10.2. The van der Waals surface area contributed by atoms with Gasteiger partial charge in [0, 0.05) is 0 Å². The number of carbonyl (C=O) groups excluding carboxylic acids is 1. The maximum Gasteiger partial charge on any atom is 0.113 e. The van der Waals surface area contributed by atoms with Crippen molar-refractivity contribution in [1.29, 1.82) is 0 Å². The highest BCUT2D eigenvalue weighted by molar-refractivity contribution is 6.84. The molecule has 0 amide bonds. The molecule has 0 aromatic carbocycles. The first-order valence-corrected chi connectivity index (χ1v) is 5.69. The van der Waals surface area contributed by atoms with Crippen LogP contribution in [0.5, 0.6) is 0 Å². The number of carbonyl (C=O) groups is 1. The van der Waals surface area contributed by atoms with E-state index in [0.717, 1.165) is 0 Å². The van der Waals surface area contributed by atoms with Crippen molar-refractivity contribution in [2.75, 3.05) is 0 Å². The quantitative estimate of drug-likeness (QED) is 0.383. The molecule has 0 aliphatic carbocycles. The van der Waals surface area contributed by atoms with Crippen molar-refractivity contribution in [3.05, 3.63) is 0 Å². The Labute approximate surface area is 51.7 Å². The molecular formula is C6H12OSi. The van der Waals surface area contributed by atoms with Crippen molar-refractivity contribution in [3.8, 4) is 0 Å². The third-order valence-corrected chi connectivity index (χ3v) is 4.53. The normalized spacial score (nSPS) is 23.0. The first-order valence-electron chi connectivity index (χ1n) is 3.39. The molecule has 0 radical (unpaired) electrons. The van der Waals surface area contributed by atoms with E-state index in [1.54, 1.807) is 0 Å². The molecule has 1 rings (SSSR count). The summed E-state index contributed by atoms with van der Waals surface area (Å²) in [6.07, 6.45) is 4.03. The molecule has 0 spiro atoms. The van der Waals surface area contributed by atoms with Gasteiger partial charge in [-0.1, -0.05) is 31.4 Å². The number of hydrogen-bond acceptors (Lipinski definition) is 1. The summed E-state index contributed by atoms with van der Waals surface area (Å²) >= 11 is 0. The Morgan fingerprint density at radius 2 is 1.75 bits per heavy atom. The molecule has 1 saturated heterocycles. The fraction of sp³-hybridized carbons (Fsp3) is 0.833. The third kappa shape index (κ3) is 1.44. The van der Waals surface area contributed by atoms with E-state index >= 15 is 0 Å². The van der Waals surface area contributed by atoms with E-state index in [-0.39, 0.29) is 0 Å². The van der Waals surface area contributed by atoms with Gasteiger partial charge in [-0.15, -0.1) is 0 Å². The zero-order valence-corrected chi connectivity index (χ0v) is 6.25. The molecule has 8 heavy (non-hydrogen) atoms. The molecule has 0 saturated carbocycles. The predicted molar refractivity (Wildman–Crippen MR) is 37.4 cm³/mol. The van der Waals surface area contributed by atoms with Gasteiger partial charge in [0.1, 0.15) is 8.80 Å². The Morgan fingerprint density at radius 1 is 1.12 bits per heavy atom. The van der Waals surface area contributed by atoms with Gasteiger partial charge in [-0.05, 0) is 0 Å². The highest BCUT2D eigenvalue weighted by atomic mass is 28.3. The fourth-order valence-corrected chi connectivity index (χ4v) is 3.46. The van der Waals surface area contributed by atoms with Crippen LogP contribution in [0.3, 0.4) is 0 Å². The van der Waals surface area contributed by atoms with Gasteiger partial charge in [-0.3, -0.25) is 0 Å². The van der Waals surface area contributed by atoms with E-state index in [1.807, 2.05) is 0 Å². The molecule has 0 aromatic rings. The summed E-state index contributed by atoms with van der Waals surface area (Å²) in [4.78, 5) is 10.2. The summed E-state index contributed by atoms with van der Waals surface area (Å²) in [5.74, 6) is 1.25. The molecule has 2 heteroatoms. The van der Waals surface area contributed by atoms with Crippen LogP contribution in [0.2, 0.25) is 12.1 Å². The average molecular weight is 128 g/mol. The van der Waals surface area contributed by atoms with Gasteiger partial charge in [0.2, 0.25) is 0 Å². The smallest absolute Gasteiger partial charge is 0.113 e. The minimum Gasteiger partial charge on any atom is -0.309 e. The number of rotatable bonds is 1. The molecule has 0 N–H and O–H groups in total. The first kappa shape index (κ1) is 6.01. The maximum atomic E-state index is 10.2. The van der Waals surface area contributed by atoms with Crippen LogP contribution in [0.1, 0.15) is 19.3 Å². The Bertz CT molecular complexity index is 76.6. The predicted octanol–water partition coefficient (Wildman–Crippen LogP) is 1.17. The monoisotopic (exact) mass is 128 g/mol. The van der Waals surface area contributed by atoms with Crippen LogP contribution in [0, 0.1) is 0 Å². The Morgan fingerprint density at radius 3 is 2.12 bits per heavy atom.